The molecule has 272 valence electrons. The van der Waals surface area contributed by atoms with E-state index < -0.39 is 0 Å². The van der Waals surface area contributed by atoms with E-state index in [4.69, 9.17) is 0 Å². The van der Waals surface area contributed by atoms with Gasteiger partial charge in [-0.15, -0.1) is 0 Å². The largest absolute Gasteiger partial charge is 0.309 e. The molecule has 0 aromatic heterocycles. The van der Waals surface area contributed by atoms with Crippen molar-refractivity contribution < 1.29 is 0 Å². The van der Waals surface area contributed by atoms with E-state index in [0.717, 1.165) is 11.8 Å². The molecule has 0 aliphatic heterocycles. The van der Waals surface area contributed by atoms with Crippen molar-refractivity contribution in [3.8, 4) is 44.5 Å². The van der Waals surface area contributed by atoms with Crippen molar-refractivity contribution in [3.05, 3.63) is 186 Å². The fourth-order valence-electron chi connectivity index (χ4n) is 13.2. The zero-order chi connectivity index (χ0) is 37.2. The highest BCUT2D eigenvalue weighted by Crippen LogP contribution is 2.70. The van der Waals surface area contributed by atoms with Gasteiger partial charge in [0.2, 0.25) is 0 Å². The highest BCUT2D eigenvalue weighted by atomic mass is 15.1. The van der Waals surface area contributed by atoms with Gasteiger partial charge in [-0.3, -0.25) is 0 Å². The minimum absolute atomic E-state index is 0.0928. The topological polar surface area (TPSA) is 3.24 Å². The molecule has 0 N–H and O–H groups in total. The molecule has 0 heterocycles. The molecule has 0 radical (unpaired) electrons. The Hall–Kier alpha value is -5.66. The number of hydrogen-bond acceptors (Lipinski definition) is 1. The van der Waals surface area contributed by atoms with Gasteiger partial charge in [-0.25, -0.2) is 0 Å². The Labute approximate surface area is 331 Å². The molecule has 13 rings (SSSR count). The van der Waals surface area contributed by atoms with E-state index in [0.29, 0.717) is 11.8 Å². The average molecular weight is 722 g/mol. The average Bonchev–Trinajstić information content (AvgIpc) is 3.66. The second-order valence-corrected chi connectivity index (χ2v) is 18.1. The van der Waals surface area contributed by atoms with E-state index >= 15 is 0 Å². The summed E-state index contributed by atoms with van der Waals surface area (Å²) in [4.78, 5) is 2.61. The fourth-order valence-corrected chi connectivity index (χ4v) is 13.2. The third kappa shape index (κ3) is 4.38. The summed E-state index contributed by atoms with van der Waals surface area (Å²) in [5.74, 6) is 3.24. The van der Waals surface area contributed by atoms with E-state index in [1.165, 1.54) is 105 Å². The second-order valence-electron chi connectivity index (χ2n) is 18.1. The van der Waals surface area contributed by atoms with Gasteiger partial charge in [0, 0.05) is 27.6 Å². The molecule has 1 heteroatoms. The molecule has 0 atom stereocenters. The van der Waals surface area contributed by atoms with Gasteiger partial charge < -0.3 is 4.90 Å². The van der Waals surface area contributed by atoms with Gasteiger partial charge in [0.25, 0.3) is 0 Å². The molecule has 7 aromatic rings. The van der Waals surface area contributed by atoms with Crippen LogP contribution in [0.4, 0.5) is 17.1 Å². The van der Waals surface area contributed by atoms with Crippen molar-refractivity contribution in [2.45, 2.75) is 56.8 Å². The number of fused-ring (bicyclic) bond motifs is 6. The molecule has 56 heavy (non-hydrogen) atoms. The molecular formula is C55H47N. The maximum absolute atomic E-state index is 2.66. The SMILES string of the molecule is CC1(C)c2ccccc2-c2cccc(-c3ccccc3N(c3ccc4c(c3)C3(c5ccccc5-4)C4CC5CC(C4)CC3C5)c3ccccc3-c3ccccc3)c21. The van der Waals surface area contributed by atoms with Crippen LogP contribution in [0, 0.1) is 23.7 Å². The maximum Gasteiger partial charge on any atom is 0.0540 e. The van der Waals surface area contributed by atoms with Gasteiger partial charge in [0.05, 0.1) is 11.4 Å². The van der Waals surface area contributed by atoms with Crippen molar-refractivity contribution in [1.29, 1.82) is 0 Å². The van der Waals surface area contributed by atoms with E-state index in [2.05, 4.69) is 183 Å². The lowest BCUT2D eigenvalue weighted by molar-refractivity contribution is -0.0399. The van der Waals surface area contributed by atoms with Crippen LogP contribution in [0.15, 0.2) is 164 Å². The Kier molecular flexibility index (Phi) is 6.93. The number of benzene rings is 7. The molecule has 0 amide bonds. The standard InChI is InChI=1S/C55H47N/c1-54(2)48-23-10-6-19-43(48)46-21-14-22-47(53(46)54)45-20-9-13-26-52(45)56(51-25-12-8-17-41(51)37-15-4-3-5-16-37)40-27-28-44-42-18-7-11-24-49(42)55(50(44)34-40)38-30-35-29-36(32-38)33-39(55)31-35/h3-28,34-36,38-39H,29-33H2,1-2H3. The predicted molar refractivity (Wildman–Crippen MR) is 233 cm³/mol. The third-order valence-corrected chi connectivity index (χ3v) is 15.0. The molecule has 0 saturated heterocycles. The number of hydrogen-bond donors (Lipinski definition) is 0. The first kappa shape index (κ1) is 32.6. The van der Waals surface area contributed by atoms with Gasteiger partial charge in [-0.1, -0.05) is 153 Å². The van der Waals surface area contributed by atoms with Crippen LogP contribution in [0.5, 0.6) is 0 Å². The van der Waals surface area contributed by atoms with E-state index in [1.54, 1.807) is 11.1 Å². The van der Waals surface area contributed by atoms with Crippen LogP contribution in [0.1, 0.15) is 68.2 Å². The Morgan fingerprint density at radius 1 is 0.411 bits per heavy atom. The third-order valence-electron chi connectivity index (χ3n) is 15.0. The van der Waals surface area contributed by atoms with Gasteiger partial charge >= 0.3 is 0 Å². The molecule has 6 aliphatic rings. The first-order valence-electron chi connectivity index (χ1n) is 21.0. The summed E-state index contributed by atoms with van der Waals surface area (Å²) in [6, 6.07) is 62.3. The van der Waals surface area contributed by atoms with Gasteiger partial charge in [0.15, 0.2) is 0 Å². The lowest BCUT2D eigenvalue weighted by Gasteiger charge is -2.61. The monoisotopic (exact) mass is 721 g/mol. The minimum atomic E-state index is -0.131. The second kappa shape index (κ2) is 11.9. The van der Waals surface area contributed by atoms with Gasteiger partial charge in [0.1, 0.15) is 0 Å². The zero-order valence-corrected chi connectivity index (χ0v) is 32.4. The summed E-state index contributed by atoms with van der Waals surface area (Å²) in [7, 11) is 0. The molecule has 0 unspecified atom stereocenters. The fraction of sp³-hybridized carbons (Fsp3) is 0.236. The summed E-state index contributed by atoms with van der Waals surface area (Å²) in [5.41, 5.74) is 20.3. The van der Waals surface area contributed by atoms with Crippen molar-refractivity contribution >= 4 is 17.1 Å². The van der Waals surface area contributed by atoms with E-state index in [-0.39, 0.29) is 10.8 Å². The Morgan fingerprint density at radius 3 is 1.61 bits per heavy atom. The lowest BCUT2D eigenvalue weighted by Crippen LogP contribution is -2.55. The van der Waals surface area contributed by atoms with Gasteiger partial charge in [-0.2, -0.15) is 0 Å². The molecular weight excluding hydrogens is 675 g/mol. The normalized spacial score (nSPS) is 24.1. The molecule has 7 aromatic carbocycles. The maximum atomic E-state index is 2.66. The lowest BCUT2D eigenvalue weighted by atomic mass is 9.43. The number of nitrogens with zero attached hydrogens (tertiary/aromatic N) is 1. The van der Waals surface area contributed by atoms with Crippen LogP contribution in [0.25, 0.3) is 44.5 Å². The van der Waals surface area contributed by atoms with E-state index in [1.807, 2.05) is 0 Å². The Balaban J connectivity index is 1.12. The number of para-hydroxylation sites is 2. The summed E-state index contributed by atoms with van der Waals surface area (Å²) in [5, 5.41) is 0. The predicted octanol–water partition coefficient (Wildman–Crippen LogP) is 14.5. The number of rotatable bonds is 5. The van der Waals surface area contributed by atoms with Crippen LogP contribution >= 0.6 is 0 Å². The summed E-state index contributed by atoms with van der Waals surface area (Å²) in [6.07, 6.45) is 6.98. The van der Waals surface area contributed by atoms with Crippen molar-refractivity contribution in [2.24, 2.45) is 23.7 Å². The number of anilines is 3. The van der Waals surface area contributed by atoms with Crippen LogP contribution in [0.2, 0.25) is 0 Å². The summed E-state index contributed by atoms with van der Waals surface area (Å²) >= 11 is 0. The zero-order valence-electron chi connectivity index (χ0n) is 32.4. The summed E-state index contributed by atoms with van der Waals surface area (Å²) < 4.78 is 0. The minimum Gasteiger partial charge on any atom is -0.309 e. The Bertz CT molecular complexity index is 2670. The highest BCUT2D eigenvalue weighted by Gasteiger charge is 2.61. The van der Waals surface area contributed by atoms with Crippen LogP contribution in [-0.4, -0.2) is 0 Å². The Morgan fingerprint density at radius 2 is 0.911 bits per heavy atom. The highest BCUT2D eigenvalue weighted by molar-refractivity contribution is 5.98. The first-order valence-corrected chi connectivity index (χ1v) is 21.0. The van der Waals surface area contributed by atoms with Crippen molar-refractivity contribution in [2.75, 3.05) is 4.90 Å². The van der Waals surface area contributed by atoms with Crippen LogP contribution in [-0.2, 0) is 10.8 Å². The van der Waals surface area contributed by atoms with E-state index in [9.17, 15) is 0 Å². The van der Waals surface area contributed by atoms with Gasteiger partial charge in [-0.05, 0) is 136 Å². The summed E-state index contributed by atoms with van der Waals surface area (Å²) in [6.45, 7) is 4.82. The molecule has 4 saturated carbocycles. The molecule has 6 aliphatic carbocycles. The van der Waals surface area contributed by atoms with Crippen molar-refractivity contribution in [3.63, 3.8) is 0 Å². The molecule has 4 bridgehead atoms. The molecule has 1 nitrogen and oxygen atoms in total. The van der Waals surface area contributed by atoms with Crippen LogP contribution in [0.3, 0.4) is 0 Å². The van der Waals surface area contributed by atoms with Crippen LogP contribution < -0.4 is 4.90 Å². The quantitative estimate of drug-likeness (QED) is 0.171. The first-order chi connectivity index (χ1) is 27.5. The smallest absolute Gasteiger partial charge is 0.0540 e. The van der Waals surface area contributed by atoms with Crippen molar-refractivity contribution in [1.82, 2.24) is 0 Å². The molecule has 4 fully saturated rings. The molecule has 1 spiro atoms.